The smallest absolute Gasteiger partial charge is 0.226 e. The number of piperidine rings is 1. The normalized spacial score (nSPS) is 18.8. The Bertz CT molecular complexity index is 785. The van der Waals surface area contributed by atoms with Crippen LogP contribution in [0, 0.1) is 5.82 Å². The zero-order chi connectivity index (χ0) is 17.9. The largest absolute Gasteiger partial charge is 0.312 e. The van der Waals surface area contributed by atoms with Gasteiger partial charge in [0.2, 0.25) is 5.91 Å². The standard InChI is InChI=1S/C22H25FN2O/c23-20-8-5-7-18(14-20)19-15-24(16-19)13-11-17-6-1-2-9-21(17)25-12-4-3-10-22(25)26/h1-2,5-9,14,19H,3-4,10-13,15-16H2. The van der Waals surface area contributed by atoms with Gasteiger partial charge in [-0.3, -0.25) is 4.79 Å². The van der Waals surface area contributed by atoms with Crippen molar-refractivity contribution in [1.82, 2.24) is 4.90 Å². The van der Waals surface area contributed by atoms with E-state index in [4.69, 9.17) is 0 Å². The van der Waals surface area contributed by atoms with Crippen LogP contribution in [-0.2, 0) is 11.2 Å². The van der Waals surface area contributed by atoms with Crippen molar-refractivity contribution in [2.75, 3.05) is 31.1 Å². The quantitative estimate of drug-likeness (QED) is 0.812. The summed E-state index contributed by atoms with van der Waals surface area (Å²) in [5, 5.41) is 0. The summed E-state index contributed by atoms with van der Waals surface area (Å²) in [6.07, 6.45) is 3.69. The predicted molar refractivity (Wildman–Crippen MR) is 102 cm³/mol. The first kappa shape index (κ1) is 17.2. The van der Waals surface area contributed by atoms with E-state index in [0.29, 0.717) is 12.3 Å². The number of hydrogen-bond acceptors (Lipinski definition) is 2. The highest BCUT2D eigenvalue weighted by Crippen LogP contribution is 2.29. The van der Waals surface area contributed by atoms with Gasteiger partial charge >= 0.3 is 0 Å². The molecule has 2 aliphatic rings. The van der Waals surface area contributed by atoms with Gasteiger partial charge in [-0.2, -0.15) is 0 Å². The molecule has 3 nitrogen and oxygen atoms in total. The van der Waals surface area contributed by atoms with Crippen molar-refractivity contribution in [1.29, 1.82) is 0 Å². The minimum atomic E-state index is -0.152. The molecular formula is C22H25FN2O. The van der Waals surface area contributed by atoms with Gasteiger partial charge in [-0.15, -0.1) is 0 Å². The van der Waals surface area contributed by atoms with Gasteiger partial charge in [-0.25, -0.2) is 4.39 Å². The maximum atomic E-state index is 13.4. The third-order valence-corrected chi connectivity index (χ3v) is 5.58. The predicted octanol–water partition coefficient (Wildman–Crippen LogP) is 3.98. The first-order chi connectivity index (χ1) is 12.7. The third kappa shape index (κ3) is 3.65. The van der Waals surface area contributed by atoms with Crippen molar-refractivity contribution in [3.8, 4) is 0 Å². The Balaban J connectivity index is 1.35. The van der Waals surface area contributed by atoms with Crippen molar-refractivity contribution in [2.45, 2.75) is 31.6 Å². The van der Waals surface area contributed by atoms with Crippen molar-refractivity contribution in [2.24, 2.45) is 0 Å². The SMILES string of the molecule is O=C1CCCCN1c1ccccc1CCN1CC(c2cccc(F)c2)C1. The topological polar surface area (TPSA) is 23.6 Å². The summed E-state index contributed by atoms with van der Waals surface area (Å²) >= 11 is 0. The molecule has 0 aromatic heterocycles. The molecular weight excluding hydrogens is 327 g/mol. The molecule has 2 heterocycles. The number of carbonyl (C=O) groups is 1. The molecule has 0 saturated carbocycles. The number of amides is 1. The van der Waals surface area contributed by atoms with Crippen molar-refractivity contribution in [3.05, 3.63) is 65.5 Å². The Hall–Kier alpha value is -2.20. The highest BCUT2D eigenvalue weighted by molar-refractivity contribution is 5.94. The summed E-state index contributed by atoms with van der Waals surface area (Å²) in [4.78, 5) is 16.6. The Morgan fingerprint density at radius 3 is 2.69 bits per heavy atom. The maximum Gasteiger partial charge on any atom is 0.226 e. The van der Waals surface area contributed by atoms with E-state index < -0.39 is 0 Å². The number of halogens is 1. The van der Waals surface area contributed by atoms with Gasteiger partial charge in [0.25, 0.3) is 0 Å². The molecule has 0 aliphatic carbocycles. The average Bonchev–Trinajstić information content (AvgIpc) is 2.61. The third-order valence-electron chi connectivity index (χ3n) is 5.58. The second-order valence-corrected chi connectivity index (χ2v) is 7.39. The van der Waals surface area contributed by atoms with E-state index in [-0.39, 0.29) is 11.7 Å². The van der Waals surface area contributed by atoms with E-state index in [1.165, 1.54) is 11.6 Å². The molecule has 2 aromatic carbocycles. The lowest BCUT2D eigenvalue weighted by molar-refractivity contribution is -0.119. The molecule has 4 rings (SSSR count). The molecule has 1 amide bonds. The zero-order valence-electron chi connectivity index (χ0n) is 15.0. The molecule has 0 N–H and O–H groups in total. The minimum Gasteiger partial charge on any atom is -0.312 e. The van der Waals surface area contributed by atoms with Crippen LogP contribution in [-0.4, -0.2) is 37.0 Å². The number of rotatable bonds is 5. The molecule has 0 bridgehead atoms. The molecule has 2 fully saturated rings. The van der Waals surface area contributed by atoms with Crippen LogP contribution < -0.4 is 4.90 Å². The van der Waals surface area contributed by atoms with Crippen molar-refractivity contribution < 1.29 is 9.18 Å². The van der Waals surface area contributed by atoms with Gasteiger partial charge in [-0.1, -0.05) is 30.3 Å². The van der Waals surface area contributed by atoms with Crippen LogP contribution in [0.1, 0.15) is 36.3 Å². The summed E-state index contributed by atoms with van der Waals surface area (Å²) < 4.78 is 13.4. The van der Waals surface area contributed by atoms with E-state index in [1.807, 2.05) is 17.0 Å². The van der Waals surface area contributed by atoms with Gasteiger partial charge in [-0.05, 0) is 48.6 Å². The molecule has 2 aliphatic heterocycles. The number of para-hydroxylation sites is 1. The summed E-state index contributed by atoms with van der Waals surface area (Å²) in [7, 11) is 0. The van der Waals surface area contributed by atoms with Gasteiger partial charge < -0.3 is 9.80 Å². The summed E-state index contributed by atoms with van der Waals surface area (Å²) in [6.45, 7) is 3.77. The van der Waals surface area contributed by atoms with Crippen LogP contribution in [0.25, 0.3) is 0 Å². The first-order valence-electron chi connectivity index (χ1n) is 9.57. The van der Waals surface area contributed by atoms with E-state index in [0.717, 1.165) is 56.7 Å². The molecule has 0 atom stereocenters. The lowest BCUT2D eigenvalue weighted by Crippen LogP contribution is -2.45. The number of benzene rings is 2. The maximum absolute atomic E-state index is 13.4. The minimum absolute atomic E-state index is 0.152. The van der Waals surface area contributed by atoms with Gasteiger partial charge in [0, 0.05) is 44.2 Å². The molecule has 0 unspecified atom stereocenters. The molecule has 0 spiro atoms. The Morgan fingerprint density at radius 2 is 1.88 bits per heavy atom. The van der Waals surface area contributed by atoms with Crippen LogP contribution in [0.15, 0.2) is 48.5 Å². The highest BCUT2D eigenvalue weighted by Gasteiger charge is 2.28. The summed E-state index contributed by atoms with van der Waals surface area (Å²) in [5.41, 5.74) is 3.43. The monoisotopic (exact) mass is 352 g/mol. The second kappa shape index (κ2) is 7.58. The van der Waals surface area contributed by atoms with Crippen molar-refractivity contribution >= 4 is 11.6 Å². The molecule has 2 aromatic rings. The Kier molecular flexibility index (Phi) is 5.02. The van der Waals surface area contributed by atoms with Gasteiger partial charge in [0.1, 0.15) is 5.82 Å². The fourth-order valence-corrected chi connectivity index (χ4v) is 4.05. The Morgan fingerprint density at radius 1 is 1.04 bits per heavy atom. The summed E-state index contributed by atoms with van der Waals surface area (Å²) in [6, 6.07) is 15.2. The average molecular weight is 352 g/mol. The number of anilines is 1. The van der Waals surface area contributed by atoms with E-state index in [9.17, 15) is 9.18 Å². The molecule has 2 saturated heterocycles. The number of hydrogen-bond donors (Lipinski definition) is 0. The number of nitrogens with zero attached hydrogens (tertiary/aromatic N) is 2. The lowest BCUT2D eigenvalue weighted by atomic mass is 9.91. The van der Waals surface area contributed by atoms with Gasteiger partial charge in [0.15, 0.2) is 0 Å². The molecule has 4 heteroatoms. The first-order valence-corrected chi connectivity index (χ1v) is 9.57. The molecule has 136 valence electrons. The van der Waals surface area contributed by atoms with Crippen LogP contribution in [0.2, 0.25) is 0 Å². The Labute approximate surface area is 154 Å². The fraction of sp³-hybridized carbons (Fsp3) is 0.409. The van der Waals surface area contributed by atoms with Gasteiger partial charge in [0.05, 0.1) is 0 Å². The van der Waals surface area contributed by atoms with E-state index >= 15 is 0 Å². The molecule has 26 heavy (non-hydrogen) atoms. The van der Waals surface area contributed by atoms with Crippen LogP contribution >= 0.6 is 0 Å². The highest BCUT2D eigenvalue weighted by atomic mass is 19.1. The second-order valence-electron chi connectivity index (χ2n) is 7.39. The lowest BCUT2D eigenvalue weighted by Gasteiger charge is -2.40. The number of carbonyl (C=O) groups excluding carboxylic acids is 1. The van der Waals surface area contributed by atoms with Crippen molar-refractivity contribution in [3.63, 3.8) is 0 Å². The van der Waals surface area contributed by atoms with E-state index in [2.05, 4.69) is 23.1 Å². The van der Waals surface area contributed by atoms with Crippen LogP contribution in [0.5, 0.6) is 0 Å². The number of likely N-dealkylation sites (tertiary alicyclic amines) is 1. The zero-order valence-corrected chi connectivity index (χ0v) is 15.0. The summed E-state index contributed by atoms with van der Waals surface area (Å²) in [5.74, 6) is 0.532. The fourth-order valence-electron chi connectivity index (χ4n) is 4.05. The molecule has 0 radical (unpaired) electrons. The van der Waals surface area contributed by atoms with Crippen LogP contribution in [0.4, 0.5) is 10.1 Å². The van der Waals surface area contributed by atoms with Crippen LogP contribution in [0.3, 0.4) is 0 Å². The van der Waals surface area contributed by atoms with E-state index in [1.54, 1.807) is 12.1 Å².